The van der Waals surface area contributed by atoms with Gasteiger partial charge in [0.15, 0.2) is 6.10 Å². The number of hydrogen-bond donors (Lipinski definition) is 0. The second-order valence-corrected chi connectivity index (χ2v) is 19.2. The normalized spacial score (nSPS) is 12.5. The van der Waals surface area contributed by atoms with Gasteiger partial charge in [-0.3, -0.25) is 14.4 Å². The maximum atomic E-state index is 12.8. The first-order valence-corrected chi connectivity index (χ1v) is 28.8. The minimum Gasteiger partial charge on any atom is -0.462 e. The van der Waals surface area contributed by atoms with Crippen molar-refractivity contribution in [2.45, 2.75) is 297 Å². The molecule has 0 aromatic heterocycles. The number of allylic oxidation sites excluding steroid dienone is 10. The van der Waals surface area contributed by atoms with E-state index in [9.17, 15) is 14.4 Å². The van der Waals surface area contributed by atoms with Crippen LogP contribution in [0.4, 0.5) is 0 Å². The third kappa shape index (κ3) is 53.9. The molecule has 6 heteroatoms. The Hall–Kier alpha value is -2.89. The van der Waals surface area contributed by atoms with Gasteiger partial charge in [0.05, 0.1) is 0 Å². The van der Waals surface area contributed by atoms with E-state index < -0.39 is 6.10 Å². The predicted molar refractivity (Wildman–Crippen MR) is 288 cm³/mol. The van der Waals surface area contributed by atoms with Crippen LogP contribution in [-0.2, 0) is 28.6 Å². The molecule has 0 rings (SSSR count). The zero-order valence-corrected chi connectivity index (χ0v) is 44.4. The highest BCUT2D eigenvalue weighted by atomic mass is 16.6. The van der Waals surface area contributed by atoms with E-state index in [0.717, 1.165) is 89.9 Å². The molecule has 0 aromatic carbocycles. The van der Waals surface area contributed by atoms with Gasteiger partial charge in [-0.05, 0) is 64.2 Å². The molecular weight excluding hydrogens is 829 g/mol. The van der Waals surface area contributed by atoms with Gasteiger partial charge in [-0.2, -0.15) is 0 Å². The summed E-state index contributed by atoms with van der Waals surface area (Å²) in [5.74, 6) is -0.864. The minimum atomic E-state index is -0.769. The van der Waals surface area contributed by atoms with Crippen molar-refractivity contribution in [3.8, 4) is 0 Å². The smallest absolute Gasteiger partial charge is 0.306 e. The molecule has 0 aliphatic rings. The van der Waals surface area contributed by atoms with Gasteiger partial charge in [0.1, 0.15) is 13.2 Å². The maximum Gasteiger partial charge on any atom is 0.306 e. The third-order valence-electron chi connectivity index (χ3n) is 12.5. The Morgan fingerprint density at radius 3 is 0.910 bits per heavy atom. The number of ether oxygens (including phenoxy) is 3. The van der Waals surface area contributed by atoms with E-state index in [0.29, 0.717) is 19.3 Å². The van der Waals surface area contributed by atoms with Crippen LogP contribution in [-0.4, -0.2) is 37.2 Å². The van der Waals surface area contributed by atoms with Crippen molar-refractivity contribution in [1.29, 1.82) is 0 Å². The molecule has 1 atom stereocenters. The first kappa shape index (κ1) is 64.1. The Kier molecular flexibility index (Phi) is 53.3. The van der Waals surface area contributed by atoms with Crippen LogP contribution in [0.1, 0.15) is 290 Å². The Morgan fingerprint density at radius 2 is 0.582 bits per heavy atom. The van der Waals surface area contributed by atoms with Crippen molar-refractivity contribution in [3.63, 3.8) is 0 Å². The van der Waals surface area contributed by atoms with E-state index >= 15 is 0 Å². The average molecular weight is 938 g/mol. The molecule has 0 aliphatic heterocycles. The fraction of sp³-hybridized carbons (Fsp3) is 0.787. The van der Waals surface area contributed by atoms with Crippen LogP contribution in [0.2, 0.25) is 0 Å². The third-order valence-corrected chi connectivity index (χ3v) is 12.5. The number of esters is 3. The van der Waals surface area contributed by atoms with E-state index in [1.54, 1.807) is 0 Å². The van der Waals surface area contributed by atoms with Gasteiger partial charge in [0.25, 0.3) is 0 Å². The summed E-state index contributed by atoms with van der Waals surface area (Å²) in [6, 6.07) is 0. The Balaban J connectivity index is 4.17. The largest absolute Gasteiger partial charge is 0.462 e. The Labute approximate surface area is 415 Å². The fourth-order valence-electron chi connectivity index (χ4n) is 8.24. The topological polar surface area (TPSA) is 78.9 Å². The van der Waals surface area contributed by atoms with Crippen molar-refractivity contribution in [2.24, 2.45) is 0 Å². The molecule has 6 nitrogen and oxygen atoms in total. The van der Waals surface area contributed by atoms with Gasteiger partial charge < -0.3 is 14.2 Å². The molecule has 0 aromatic rings. The molecule has 0 heterocycles. The minimum absolute atomic E-state index is 0.0703. The summed E-state index contributed by atoms with van der Waals surface area (Å²) in [5.41, 5.74) is 0. The van der Waals surface area contributed by atoms with Gasteiger partial charge >= 0.3 is 17.9 Å². The zero-order chi connectivity index (χ0) is 48.6. The lowest BCUT2D eigenvalue weighted by Gasteiger charge is -2.18. The SMILES string of the molecule is CC/C=C\C/C=C\C/C=C\C/C=C\C/C=C\CCCCCCCCCCCCCC(=O)OCC(COC(=O)CCCCCCCCCCCC)OC(=O)CCCCCCCCCCCCCC. The van der Waals surface area contributed by atoms with Crippen LogP contribution in [0, 0.1) is 0 Å². The lowest BCUT2D eigenvalue weighted by molar-refractivity contribution is -0.167. The highest BCUT2D eigenvalue weighted by molar-refractivity contribution is 5.71. The molecule has 0 fully saturated rings. The van der Waals surface area contributed by atoms with Gasteiger partial charge in [-0.15, -0.1) is 0 Å². The molecule has 0 saturated heterocycles. The summed E-state index contributed by atoms with van der Waals surface area (Å²) in [5, 5.41) is 0. The summed E-state index contributed by atoms with van der Waals surface area (Å²) in [6.07, 6.45) is 69.3. The number of hydrogen-bond acceptors (Lipinski definition) is 6. The molecule has 0 saturated carbocycles. The van der Waals surface area contributed by atoms with Gasteiger partial charge in [0.2, 0.25) is 0 Å². The van der Waals surface area contributed by atoms with E-state index in [2.05, 4.69) is 81.5 Å². The summed E-state index contributed by atoms with van der Waals surface area (Å²) in [7, 11) is 0. The van der Waals surface area contributed by atoms with Crippen LogP contribution < -0.4 is 0 Å². The van der Waals surface area contributed by atoms with Gasteiger partial charge in [-0.1, -0.05) is 268 Å². The molecule has 388 valence electrons. The summed E-state index contributed by atoms with van der Waals surface area (Å²) < 4.78 is 16.8. The average Bonchev–Trinajstić information content (AvgIpc) is 3.33. The molecular formula is C61H108O6. The molecule has 0 radical (unpaired) electrons. The van der Waals surface area contributed by atoms with E-state index in [1.807, 2.05) is 0 Å². The van der Waals surface area contributed by atoms with Crippen molar-refractivity contribution in [3.05, 3.63) is 60.8 Å². The number of rotatable bonds is 52. The molecule has 0 spiro atoms. The standard InChI is InChI=1S/C61H108O6/c1-4-7-10-13-16-19-22-24-25-26-27-28-29-30-31-32-33-34-35-36-37-38-40-42-45-48-51-54-60(63)66-57-58(56-65-59(62)53-50-47-44-41-21-18-15-12-9-6-3)67-61(64)55-52-49-46-43-39-23-20-17-14-11-8-5-2/h7,10,16,19,24-25,27-28,30-31,58H,4-6,8-9,11-15,17-18,20-23,26,29,32-57H2,1-3H3/b10-7-,19-16-,25-24-,28-27-,31-30-. The van der Waals surface area contributed by atoms with Crippen molar-refractivity contribution in [2.75, 3.05) is 13.2 Å². The second-order valence-electron chi connectivity index (χ2n) is 19.2. The first-order valence-electron chi connectivity index (χ1n) is 28.8. The summed E-state index contributed by atoms with van der Waals surface area (Å²) in [4.78, 5) is 38.0. The molecule has 0 bridgehead atoms. The summed E-state index contributed by atoms with van der Waals surface area (Å²) >= 11 is 0. The number of carbonyl (C=O) groups excluding carboxylic acids is 3. The molecule has 67 heavy (non-hydrogen) atoms. The van der Waals surface area contributed by atoms with E-state index in [4.69, 9.17) is 14.2 Å². The molecule has 0 amide bonds. The highest BCUT2D eigenvalue weighted by Crippen LogP contribution is 2.16. The van der Waals surface area contributed by atoms with Crippen LogP contribution >= 0.6 is 0 Å². The zero-order valence-electron chi connectivity index (χ0n) is 44.4. The van der Waals surface area contributed by atoms with Crippen molar-refractivity contribution < 1.29 is 28.6 Å². The predicted octanol–water partition coefficient (Wildman–Crippen LogP) is 19.2. The number of carbonyl (C=O) groups is 3. The lowest BCUT2D eigenvalue weighted by atomic mass is 10.0. The van der Waals surface area contributed by atoms with Crippen LogP contribution in [0.5, 0.6) is 0 Å². The summed E-state index contributed by atoms with van der Waals surface area (Å²) in [6.45, 7) is 6.53. The first-order chi connectivity index (χ1) is 33.0. The fourth-order valence-corrected chi connectivity index (χ4v) is 8.24. The monoisotopic (exact) mass is 937 g/mol. The highest BCUT2D eigenvalue weighted by Gasteiger charge is 2.19. The molecule has 1 unspecified atom stereocenters. The van der Waals surface area contributed by atoms with Gasteiger partial charge in [-0.25, -0.2) is 0 Å². The Morgan fingerprint density at radius 1 is 0.313 bits per heavy atom. The quantitative estimate of drug-likeness (QED) is 0.0262. The van der Waals surface area contributed by atoms with Gasteiger partial charge in [0, 0.05) is 19.3 Å². The lowest BCUT2D eigenvalue weighted by Crippen LogP contribution is -2.30. The van der Waals surface area contributed by atoms with Crippen molar-refractivity contribution >= 4 is 17.9 Å². The molecule has 0 aliphatic carbocycles. The van der Waals surface area contributed by atoms with Crippen LogP contribution in [0.15, 0.2) is 60.8 Å². The van der Waals surface area contributed by atoms with E-state index in [1.165, 1.54) is 161 Å². The maximum absolute atomic E-state index is 12.8. The van der Waals surface area contributed by atoms with Crippen LogP contribution in [0.25, 0.3) is 0 Å². The Bertz CT molecular complexity index is 1210. The van der Waals surface area contributed by atoms with E-state index in [-0.39, 0.29) is 31.1 Å². The van der Waals surface area contributed by atoms with Crippen LogP contribution in [0.3, 0.4) is 0 Å². The second kappa shape index (κ2) is 55.7. The molecule has 0 N–H and O–H groups in total. The number of unbranched alkanes of at least 4 members (excludes halogenated alkanes) is 31. The van der Waals surface area contributed by atoms with Crippen molar-refractivity contribution in [1.82, 2.24) is 0 Å².